The van der Waals surface area contributed by atoms with Gasteiger partial charge in [-0.1, -0.05) is 65.2 Å². The van der Waals surface area contributed by atoms with Crippen molar-refractivity contribution in [3.8, 4) is 0 Å². The Morgan fingerprint density at radius 1 is 0.778 bits per heavy atom. The average molecular weight is 258 g/mol. The zero-order chi connectivity index (χ0) is 13.7. The molecule has 0 saturated heterocycles. The Labute approximate surface area is 114 Å². The van der Waals surface area contributed by atoms with Crippen LogP contribution in [-0.2, 0) is 4.74 Å². The van der Waals surface area contributed by atoms with Crippen LogP contribution >= 0.6 is 0 Å². The molecule has 0 aromatic rings. The fourth-order valence-corrected chi connectivity index (χ4v) is 2.33. The Hall–Kier alpha value is -0.0800. The third-order valence-corrected chi connectivity index (χ3v) is 3.64. The van der Waals surface area contributed by atoms with Gasteiger partial charge >= 0.3 is 0 Å². The lowest BCUT2D eigenvalue weighted by atomic mass is 10.0. The predicted molar refractivity (Wildman–Crippen MR) is 78.7 cm³/mol. The van der Waals surface area contributed by atoms with Crippen molar-refractivity contribution >= 4 is 0 Å². The monoisotopic (exact) mass is 258 g/mol. The van der Waals surface area contributed by atoms with E-state index in [9.17, 15) is 5.11 Å². The molecule has 0 rings (SSSR count). The topological polar surface area (TPSA) is 29.5 Å². The van der Waals surface area contributed by atoms with Gasteiger partial charge in [-0.2, -0.15) is 0 Å². The molecule has 0 spiro atoms. The van der Waals surface area contributed by atoms with Crippen LogP contribution in [0.1, 0.15) is 91.4 Å². The maximum atomic E-state index is 10.1. The molecule has 0 radical (unpaired) electrons. The smallest absolute Gasteiger partial charge is 0.165 e. The van der Waals surface area contributed by atoms with E-state index in [0.29, 0.717) is 13.0 Å². The number of rotatable bonds is 13. The fourth-order valence-electron chi connectivity index (χ4n) is 2.33. The van der Waals surface area contributed by atoms with Crippen LogP contribution in [0.15, 0.2) is 0 Å². The van der Waals surface area contributed by atoms with Crippen LogP contribution in [0.2, 0.25) is 0 Å². The second kappa shape index (κ2) is 12.0. The first-order valence-electron chi connectivity index (χ1n) is 8.04. The van der Waals surface area contributed by atoms with Crippen molar-refractivity contribution in [1.82, 2.24) is 0 Å². The summed E-state index contributed by atoms with van der Waals surface area (Å²) in [6.07, 6.45) is 13.3. The Balaban J connectivity index is 3.33. The van der Waals surface area contributed by atoms with Crippen LogP contribution in [0, 0.1) is 0 Å². The quantitative estimate of drug-likeness (QED) is 0.370. The number of hydrogen-bond donors (Lipinski definition) is 1. The molecule has 0 aliphatic rings. The maximum absolute atomic E-state index is 10.1. The lowest BCUT2D eigenvalue weighted by molar-refractivity contribution is -0.207. The van der Waals surface area contributed by atoms with E-state index in [-0.39, 0.29) is 0 Å². The largest absolute Gasteiger partial charge is 0.365 e. The van der Waals surface area contributed by atoms with Crippen LogP contribution in [-0.4, -0.2) is 17.5 Å². The Bertz CT molecular complexity index is 170. The molecule has 1 atom stereocenters. The maximum Gasteiger partial charge on any atom is 0.165 e. The molecule has 0 bridgehead atoms. The summed E-state index contributed by atoms with van der Waals surface area (Å²) < 4.78 is 5.41. The van der Waals surface area contributed by atoms with Gasteiger partial charge in [0, 0.05) is 13.0 Å². The molecule has 18 heavy (non-hydrogen) atoms. The van der Waals surface area contributed by atoms with E-state index in [1.165, 1.54) is 51.4 Å². The van der Waals surface area contributed by atoms with E-state index in [0.717, 1.165) is 12.8 Å². The van der Waals surface area contributed by atoms with Gasteiger partial charge in [0.25, 0.3) is 0 Å². The number of ether oxygens (including phenoxy) is 1. The minimum absolute atomic E-state index is 0.599. The number of hydrogen-bond acceptors (Lipinski definition) is 2. The van der Waals surface area contributed by atoms with Crippen molar-refractivity contribution in [3.05, 3.63) is 0 Å². The molecule has 0 aromatic heterocycles. The summed E-state index contributed by atoms with van der Waals surface area (Å²) in [5.41, 5.74) is 0. The van der Waals surface area contributed by atoms with Crippen molar-refractivity contribution in [3.63, 3.8) is 0 Å². The Kier molecular flexibility index (Phi) is 11.9. The minimum Gasteiger partial charge on any atom is -0.365 e. The van der Waals surface area contributed by atoms with E-state index in [2.05, 4.69) is 6.92 Å². The van der Waals surface area contributed by atoms with Gasteiger partial charge in [0.15, 0.2) is 5.79 Å². The SMILES string of the molecule is CCCCCCCCCCCC(O)(CC)OCC. The van der Waals surface area contributed by atoms with Gasteiger partial charge in [-0.15, -0.1) is 0 Å². The molecule has 0 saturated carbocycles. The van der Waals surface area contributed by atoms with E-state index in [1.807, 2.05) is 13.8 Å². The number of aliphatic hydroxyl groups is 1. The molecule has 110 valence electrons. The highest BCUT2D eigenvalue weighted by atomic mass is 16.6. The molecular formula is C16H34O2. The second-order valence-electron chi connectivity index (χ2n) is 5.31. The predicted octanol–water partition coefficient (Wildman–Crippen LogP) is 5.04. The molecule has 0 aromatic carbocycles. The zero-order valence-electron chi connectivity index (χ0n) is 12.8. The van der Waals surface area contributed by atoms with Crippen LogP contribution in [0.4, 0.5) is 0 Å². The highest BCUT2D eigenvalue weighted by molar-refractivity contribution is 4.64. The summed E-state index contributed by atoms with van der Waals surface area (Å²) in [5, 5.41) is 10.1. The van der Waals surface area contributed by atoms with Crippen molar-refractivity contribution in [1.29, 1.82) is 0 Å². The van der Waals surface area contributed by atoms with Crippen LogP contribution in [0.25, 0.3) is 0 Å². The summed E-state index contributed by atoms with van der Waals surface area (Å²) in [6, 6.07) is 0. The van der Waals surface area contributed by atoms with Gasteiger partial charge in [-0.05, 0) is 19.8 Å². The van der Waals surface area contributed by atoms with Crippen LogP contribution < -0.4 is 0 Å². The molecule has 0 fully saturated rings. The summed E-state index contributed by atoms with van der Waals surface area (Å²) in [6.45, 7) is 6.79. The lowest BCUT2D eigenvalue weighted by Crippen LogP contribution is -2.31. The van der Waals surface area contributed by atoms with Gasteiger partial charge < -0.3 is 9.84 Å². The molecular weight excluding hydrogens is 224 g/mol. The first kappa shape index (κ1) is 17.9. The van der Waals surface area contributed by atoms with Crippen molar-refractivity contribution in [2.45, 2.75) is 97.2 Å². The fraction of sp³-hybridized carbons (Fsp3) is 1.00. The molecule has 0 heterocycles. The molecule has 1 N–H and O–H groups in total. The summed E-state index contributed by atoms with van der Waals surface area (Å²) in [4.78, 5) is 0. The summed E-state index contributed by atoms with van der Waals surface area (Å²) in [5.74, 6) is -0.865. The molecule has 0 aliphatic heterocycles. The minimum atomic E-state index is -0.865. The van der Waals surface area contributed by atoms with Crippen molar-refractivity contribution in [2.75, 3.05) is 6.61 Å². The average Bonchev–Trinajstić information content (AvgIpc) is 2.37. The second-order valence-corrected chi connectivity index (χ2v) is 5.31. The third-order valence-electron chi connectivity index (χ3n) is 3.64. The van der Waals surface area contributed by atoms with Crippen molar-refractivity contribution in [2.24, 2.45) is 0 Å². The lowest BCUT2D eigenvalue weighted by Gasteiger charge is -2.26. The van der Waals surface area contributed by atoms with Gasteiger partial charge in [0.05, 0.1) is 0 Å². The summed E-state index contributed by atoms with van der Waals surface area (Å²) in [7, 11) is 0. The van der Waals surface area contributed by atoms with Gasteiger partial charge in [-0.3, -0.25) is 0 Å². The molecule has 2 nitrogen and oxygen atoms in total. The van der Waals surface area contributed by atoms with E-state index >= 15 is 0 Å². The van der Waals surface area contributed by atoms with Crippen LogP contribution in [0.5, 0.6) is 0 Å². The van der Waals surface area contributed by atoms with Gasteiger partial charge in [-0.25, -0.2) is 0 Å². The first-order valence-corrected chi connectivity index (χ1v) is 8.04. The third kappa shape index (κ3) is 9.90. The van der Waals surface area contributed by atoms with Gasteiger partial charge in [0.1, 0.15) is 0 Å². The van der Waals surface area contributed by atoms with Crippen molar-refractivity contribution < 1.29 is 9.84 Å². The molecule has 2 heteroatoms. The molecule has 0 aliphatic carbocycles. The number of unbranched alkanes of at least 4 members (excludes halogenated alkanes) is 8. The van der Waals surface area contributed by atoms with E-state index < -0.39 is 5.79 Å². The standard InChI is InChI=1S/C16H34O2/c1-4-7-8-9-10-11-12-13-14-15-16(17,5-2)18-6-3/h17H,4-15H2,1-3H3. The highest BCUT2D eigenvalue weighted by Crippen LogP contribution is 2.21. The highest BCUT2D eigenvalue weighted by Gasteiger charge is 2.23. The van der Waals surface area contributed by atoms with Gasteiger partial charge in [0.2, 0.25) is 0 Å². The van der Waals surface area contributed by atoms with E-state index in [1.54, 1.807) is 0 Å². The molecule has 0 amide bonds. The van der Waals surface area contributed by atoms with Crippen LogP contribution in [0.3, 0.4) is 0 Å². The Morgan fingerprint density at radius 3 is 1.72 bits per heavy atom. The normalized spacial score (nSPS) is 14.7. The molecule has 1 unspecified atom stereocenters. The van der Waals surface area contributed by atoms with E-state index in [4.69, 9.17) is 4.74 Å². The summed E-state index contributed by atoms with van der Waals surface area (Å²) >= 11 is 0. The zero-order valence-corrected chi connectivity index (χ0v) is 12.8. The Morgan fingerprint density at radius 2 is 1.28 bits per heavy atom. The first-order chi connectivity index (χ1) is 8.68.